The van der Waals surface area contributed by atoms with E-state index < -0.39 is 0 Å². The van der Waals surface area contributed by atoms with Gasteiger partial charge in [0.2, 0.25) is 5.91 Å². The van der Waals surface area contributed by atoms with E-state index in [-0.39, 0.29) is 36.4 Å². The quantitative estimate of drug-likeness (QED) is 0.308. The van der Waals surface area contributed by atoms with Gasteiger partial charge in [0.05, 0.1) is 6.54 Å². The Kier molecular flexibility index (Phi) is 12.3. The molecule has 0 saturated heterocycles. The maximum atomic E-state index is 11.9. The SMILES string of the molecule is CN=C(NCC(=O)NCCc1ccccc1)NC(C)CCC(C)(C)C.I. The number of aliphatic imine (C=N–C) groups is 1. The average molecular weight is 474 g/mol. The van der Waals surface area contributed by atoms with Crippen molar-refractivity contribution in [2.75, 3.05) is 20.1 Å². The van der Waals surface area contributed by atoms with Crippen LogP contribution in [0, 0.1) is 5.41 Å². The number of amides is 1. The first-order valence-corrected chi connectivity index (χ1v) is 9.08. The summed E-state index contributed by atoms with van der Waals surface area (Å²) < 4.78 is 0. The van der Waals surface area contributed by atoms with Gasteiger partial charge < -0.3 is 16.0 Å². The molecule has 3 N–H and O–H groups in total. The molecule has 6 heteroatoms. The minimum atomic E-state index is -0.0266. The van der Waals surface area contributed by atoms with Crippen molar-refractivity contribution in [1.82, 2.24) is 16.0 Å². The van der Waals surface area contributed by atoms with Crippen molar-refractivity contribution in [3.8, 4) is 0 Å². The highest BCUT2D eigenvalue weighted by atomic mass is 127. The molecule has 1 amide bonds. The summed E-state index contributed by atoms with van der Waals surface area (Å²) in [6.45, 7) is 9.73. The summed E-state index contributed by atoms with van der Waals surface area (Å²) >= 11 is 0. The summed E-state index contributed by atoms with van der Waals surface area (Å²) in [4.78, 5) is 16.1. The second-order valence-corrected chi connectivity index (χ2v) is 7.66. The molecule has 1 atom stereocenters. The summed E-state index contributed by atoms with van der Waals surface area (Å²) in [5, 5.41) is 9.33. The fourth-order valence-corrected chi connectivity index (χ4v) is 2.37. The molecular weight excluding hydrogens is 439 g/mol. The van der Waals surface area contributed by atoms with E-state index in [2.05, 4.69) is 60.8 Å². The zero-order valence-corrected chi connectivity index (χ0v) is 19.1. The van der Waals surface area contributed by atoms with Gasteiger partial charge in [0, 0.05) is 19.6 Å². The predicted octanol–water partition coefficient (Wildman–Crippen LogP) is 3.34. The molecular formula is C20H35IN4O. The van der Waals surface area contributed by atoms with Crippen LogP contribution in [0.1, 0.15) is 46.1 Å². The summed E-state index contributed by atoms with van der Waals surface area (Å²) in [5.74, 6) is 0.640. The average Bonchev–Trinajstić information content (AvgIpc) is 2.57. The molecule has 1 unspecified atom stereocenters. The molecule has 0 radical (unpaired) electrons. The number of nitrogens with zero attached hydrogens (tertiary/aromatic N) is 1. The first kappa shape index (κ1) is 24.7. The maximum absolute atomic E-state index is 11.9. The van der Waals surface area contributed by atoms with Crippen LogP contribution in [0.2, 0.25) is 0 Å². The molecule has 0 aliphatic heterocycles. The number of rotatable bonds is 8. The molecule has 0 fully saturated rings. The fraction of sp³-hybridized carbons (Fsp3) is 0.600. The predicted molar refractivity (Wildman–Crippen MR) is 121 cm³/mol. The fourth-order valence-electron chi connectivity index (χ4n) is 2.37. The van der Waals surface area contributed by atoms with Crippen LogP contribution in [0.25, 0.3) is 0 Å². The second kappa shape index (κ2) is 12.9. The van der Waals surface area contributed by atoms with E-state index in [0.717, 1.165) is 19.3 Å². The first-order valence-electron chi connectivity index (χ1n) is 9.08. The number of nitrogens with one attached hydrogen (secondary N) is 3. The van der Waals surface area contributed by atoms with Gasteiger partial charge in [0.1, 0.15) is 0 Å². The van der Waals surface area contributed by atoms with Gasteiger partial charge in [0.15, 0.2) is 5.96 Å². The first-order chi connectivity index (χ1) is 11.8. The molecule has 0 aromatic heterocycles. The smallest absolute Gasteiger partial charge is 0.239 e. The minimum absolute atomic E-state index is 0. The van der Waals surface area contributed by atoms with Crippen LogP contribution in [0.5, 0.6) is 0 Å². The van der Waals surface area contributed by atoms with E-state index in [1.54, 1.807) is 7.05 Å². The van der Waals surface area contributed by atoms with Crippen LogP contribution in [-0.4, -0.2) is 38.0 Å². The van der Waals surface area contributed by atoms with Gasteiger partial charge in [-0.25, -0.2) is 0 Å². The molecule has 0 bridgehead atoms. The lowest BCUT2D eigenvalue weighted by molar-refractivity contribution is -0.119. The van der Waals surface area contributed by atoms with Gasteiger partial charge in [-0.3, -0.25) is 9.79 Å². The third-order valence-corrected chi connectivity index (χ3v) is 3.93. The molecule has 1 aromatic carbocycles. The number of hydrogen-bond donors (Lipinski definition) is 3. The molecule has 0 aliphatic rings. The standard InChI is InChI=1S/C20H34N4O.HI/c1-16(11-13-20(2,3)4)24-19(21-5)23-15-18(25)22-14-12-17-9-7-6-8-10-17;/h6-10,16H,11-15H2,1-5H3,(H,22,25)(H2,21,23,24);1H. The number of guanidine groups is 1. The van der Waals surface area contributed by atoms with E-state index in [1.165, 1.54) is 5.56 Å². The zero-order valence-electron chi connectivity index (χ0n) is 16.8. The van der Waals surface area contributed by atoms with Crippen LogP contribution in [-0.2, 0) is 11.2 Å². The van der Waals surface area contributed by atoms with Crippen LogP contribution in [0.4, 0.5) is 0 Å². The van der Waals surface area contributed by atoms with E-state index in [9.17, 15) is 4.79 Å². The van der Waals surface area contributed by atoms with Crippen LogP contribution < -0.4 is 16.0 Å². The third-order valence-electron chi connectivity index (χ3n) is 3.93. The van der Waals surface area contributed by atoms with Crippen LogP contribution in [0.3, 0.4) is 0 Å². The van der Waals surface area contributed by atoms with Crippen LogP contribution >= 0.6 is 24.0 Å². The Bertz CT molecular complexity index is 540. The van der Waals surface area contributed by atoms with Gasteiger partial charge in [-0.05, 0) is 37.2 Å². The largest absolute Gasteiger partial charge is 0.354 e. The van der Waals surface area contributed by atoms with Gasteiger partial charge in [-0.15, -0.1) is 24.0 Å². The lowest BCUT2D eigenvalue weighted by atomic mass is 9.89. The van der Waals surface area contributed by atoms with E-state index in [0.29, 0.717) is 24.0 Å². The lowest BCUT2D eigenvalue weighted by Crippen LogP contribution is -2.46. The van der Waals surface area contributed by atoms with Crippen molar-refractivity contribution in [2.24, 2.45) is 10.4 Å². The third kappa shape index (κ3) is 12.1. The summed E-state index contributed by atoms with van der Waals surface area (Å²) in [7, 11) is 1.72. The number of carbonyl (C=O) groups is 1. The Morgan fingerprint density at radius 2 is 1.81 bits per heavy atom. The van der Waals surface area contributed by atoms with Crippen molar-refractivity contribution in [2.45, 2.75) is 53.0 Å². The molecule has 1 rings (SSSR count). The lowest BCUT2D eigenvalue weighted by Gasteiger charge is -2.23. The highest BCUT2D eigenvalue weighted by molar-refractivity contribution is 14.0. The summed E-state index contributed by atoms with van der Waals surface area (Å²) in [5.41, 5.74) is 1.55. The monoisotopic (exact) mass is 474 g/mol. The van der Waals surface area contributed by atoms with E-state index in [4.69, 9.17) is 0 Å². The zero-order chi connectivity index (χ0) is 18.7. The topological polar surface area (TPSA) is 65.5 Å². The van der Waals surface area contributed by atoms with E-state index in [1.807, 2.05) is 18.2 Å². The van der Waals surface area contributed by atoms with Crippen molar-refractivity contribution in [1.29, 1.82) is 0 Å². The Labute approximate surface area is 175 Å². The van der Waals surface area contributed by atoms with Crippen molar-refractivity contribution in [3.63, 3.8) is 0 Å². The normalized spacial score (nSPS) is 12.7. The van der Waals surface area contributed by atoms with Gasteiger partial charge in [0.25, 0.3) is 0 Å². The Hall–Kier alpha value is -1.31. The molecule has 148 valence electrons. The van der Waals surface area contributed by atoms with Gasteiger partial charge in [-0.2, -0.15) is 0 Å². The highest BCUT2D eigenvalue weighted by Gasteiger charge is 2.13. The summed E-state index contributed by atoms with van der Waals surface area (Å²) in [6, 6.07) is 10.5. The highest BCUT2D eigenvalue weighted by Crippen LogP contribution is 2.21. The second-order valence-electron chi connectivity index (χ2n) is 7.66. The molecule has 5 nitrogen and oxygen atoms in total. The molecule has 0 aliphatic carbocycles. The van der Waals surface area contributed by atoms with E-state index >= 15 is 0 Å². The minimum Gasteiger partial charge on any atom is -0.354 e. The molecule has 0 saturated carbocycles. The number of hydrogen-bond acceptors (Lipinski definition) is 2. The maximum Gasteiger partial charge on any atom is 0.239 e. The van der Waals surface area contributed by atoms with Crippen molar-refractivity contribution in [3.05, 3.63) is 35.9 Å². The van der Waals surface area contributed by atoms with Gasteiger partial charge >= 0.3 is 0 Å². The van der Waals surface area contributed by atoms with Crippen molar-refractivity contribution < 1.29 is 4.79 Å². The Morgan fingerprint density at radius 3 is 2.38 bits per heavy atom. The number of carbonyl (C=O) groups excluding carboxylic acids is 1. The Balaban J connectivity index is 0.00000625. The molecule has 0 heterocycles. The molecule has 0 spiro atoms. The van der Waals surface area contributed by atoms with Gasteiger partial charge in [-0.1, -0.05) is 51.1 Å². The molecule has 26 heavy (non-hydrogen) atoms. The number of halogens is 1. The van der Waals surface area contributed by atoms with Crippen LogP contribution in [0.15, 0.2) is 35.3 Å². The summed E-state index contributed by atoms with van der Waals surface area (Å²) in [6.07, 6.45) is 3.04. The Morgan fingerprint density at radius 1 is 1.15 bits per heavy atom. The number of benzene rings is 1. The van der Waals surface area contributed by atoms with Crippen molar-refractivity contribution >= 4 is 35.8 Å². The molecule has 1 aromatic rings.